The van der Waals surface area contributed by atoms with Gasteiger partial charge in [0.25, 0.3) is 0 Å². The van der Waals surface area contributed by atoms with Crippen molar-refractivity contribution in [3.63, 3.8) is 0 Å². The molecule has 0 aromatic carbocycles. The first-order valence-electron chi connectivity index (χ1n) is 7.12. The van der Waals surface area contributed by atoms with Crippen molar-refractivity contribution < 1.29 is 4.74 Å². The van der Waals surface area contributed by atoms with Crippen molar-refractivity contribution in [3.05, 3.63) is 12.7 Å². The fraction of sp³-hybridized carbons (Fsp3) is 0.867. The summed E-state index contributed by atoms with van der Waals surface area (Å²) in [6.07, 6.45) is 15.5. The predicted octanol–water partition coefficient (Wildman–Crippen LogP) is 4.72. The largest absolute Gasteiger partial charge is 0.381 e. The first kappa shape index (κ1) is 13.8. The Bertz CT molecular complexity index is 159. The maximum Gasteiger partial charge on any atom is 0.0494 e. The van der Waals surface area contributed by atoms with E-state index in [-0.39, 0.29) is 0 Å². The fourth-order valence-corrected chi connectivity index (χ4v) is 2.45. The van der Waals surface area contributed by atoms with Crippen LogP contribution in [-0.2, 0) is 4.74 Å². The molecule has 0 aliphatic heterocycles. The molecule has 0 aromatic heterocycles. The third-order valence-corrected chi connectivity index (χ3v) is 3.53. The van der Waals surface area contributed by atoms with E-state index in [0.717, 1.165) is 19.1 Å². The molecule has 1 nitrogen and oxygen atoms in total. The van der Waals surface area contributed by atoms with Crippen molar-refractivity contribution in [2.45, 2.75) is 64.2 Å². The molecule has 0 bridgehead atoms. The molecule has 0 N–H and O–H groups in total. The first-order chi connectivity index (χ1) is 7.93. The third-order valence-electron chi connectivity index (χ3n) is 3.53. The molecule has 0 aromatic rings. The predicted molar refractivity (Wildman–Crippen MR) is 70.7 cm³/mol. The minimum Gasteiger partial charge on any atom is -0.381 e. The van der Waals surface area contributed by atoms with E-state index >= 15 is 0 Å². The van der Waals surface area contributed by atoms with Crippen molar-refractivity contribution in [3.8, 4) is 0 Å². The van der Waals surface area contributed by atoms with Crippen LogP contribution < -0.4 is 0 Å². The van der Waals surface area contributed by atoms with E-state index in [9.17, 15) is 0 Å². The summed E-state index contributed by atoms with van der Waals surface area (Å²) in [5, 5.41) is 0. The van der Waals surface area contributed by atoms with Crippen LogP contribution in [0.15, 0.2) is 12.7 Å². The van der Waals surface area contributed by atoms with Crippen LogP contribution in [0.25, 0.3) is 0 Å². The highest BCUT2D eigenvalue weighted by atomic mass is 16.5. The summed E-state index contributed by atoms with van der Waals surface area (Å²) in [4.78, 5) is 0. The summed E-state index contributed by atoms with van der Waals surface area (Å²) < 4.78 is 5.76. The number of unbranched alkanes of at least 4 members (excludes halogenated alkanes) is 4. The molecule has 0 spiro atoms. The highest BCUT2D eigenvalue weighted by molar-refractivity contribution is 4.66. The molecule has 1 saturated carbocycles. The second-order valence-corrected chi connectivity index (χ2v) is 5.07. The molecule has 0 unspecified atom stereocenters. The smallest absolute Gasteiger partial charge is 0.0494 e. The highest BCUT2D eigenvalue weighted by Crippen LogP contribution is 2.23. The Morgan fingerprint density at radius 3 is 2.50 bits per heavy atom. The van der Waals surface area contributed by atoms with Gasteiger partial charge in [-0.3, -0.25) is 0 Å². The van der Waals surface area contributed by atoms with E-state index < -0.39 is 0 Å². The molecule has 1 rings (SSSR count). The zero-order chi connectivity index (χ0) is 11.5. The summed E-state index contributed by atoms with van der Waals surface area (Å²) >= 11 is 0. The second-order valence-electron chi connectivity index (χ2n) is 5.07. The summed E-state index contributed by atoms with van der Waals surface area (Å²) in [7, 11) is 0. The molecular formula is C15H28O. The zero-order valence-corrected chi connectivity index (χ0v) is 10.8. The maximum atomic E-state index is 5.76. The highest BCUT2D eigenvalue weighted by Gasteiger charge is 2.12. The Kier molecular flexibility index (Phi) is 8.51. The minimum atomic E-state index is 0.870. The maximum absolute atomic E-state index is 5.76. The molecule has 94 valence electrons. The molecule has 1 heteroatoms. The number of hydrogen-bond donors (Lipinski definition) is 0. The molecular weight excluding hydrogens is 196 g/mol. The van der Waals surface area contributed by atoms with Crippen molar-refractivity contribution in [1.82, 2.24) is 0 Å². The van der Waals surface area contributed by atoms with Gasteiger partial charge in [-0.05, 0) is 38.0 Å². The number of hydrogen-bond acceptors (Lipinski definition) is 1. The first-order valence-corrected chi connectivity index (χ1v) is 7.12. The van der Waals surface area contributed by atoms with Gasteiger partial charge < -0.3 is 4.74 Å². The van der Waals surface area contributed by atoms with Gasteiger partial charge in [-0.2, -0.15) is 0 Å². The van der Waals surface area contributed by atoms with Crippen molar-refractivity contribution in [2.24, 2.45) is 5.92 Å². The van der Waals surface area contributed by atoms with Crippen molar-refractivity contribution >= 4 is 0 Å². The van der Waals surface area contributed by atoms with Crippen LogP contribution in [0.5, 0.6) is 0 Å². The Morgan fingerprint density at radius 1 is 1.00 bits per heavy atom. The van der Waals surface area contributed by atoms with Crippen LogP contribution in [-0.4, -0.2) is 13.2 Å². The van der Waals surface area contributed by atoms with Gasteiger partial charge in [0.15, 0.2) is 0 Å². The summed E-state index contributed by atoms with van der Waals surface area (Å²) in [5.41, 5.74) is 0. The lowest BCUT2D eigenvalue weighted by Crippen LogP contribution is -2.13. The van der Waals surface area contributed by atoms with Gasteiger partial charge in [0.05, 0.1) is 0 Å². The van der Waals surface area contributed by atoms with Crippen LogP contribution in [0.3, 0.4) is 0 Å². The Balaban J connectivity index is 1.78. The normalized spacial score (nSPS) is 17.5. The van der Waals surface area contributed by atoms with E-state index in [4.69, 9.17) is 4.74 Å². The third kappa shape index (κ3) is 7.05. The molecule has 16 heavy (non-hydrogen) atoms. The van der Waals surface area contributed by atoms with Gasteiger partial charge in [0.2, 0.25) is 0 Å². The SMILES string of the molecule is C=CCCCCCCOCC1CCCCC1. The van der Waals surface area contributed by atoms with Gasteiger partial charge >= 0.3 is 0 Å². The van der Waals surface area contributed by atoms with Crippen LogP contribution in [0, 0.1) is 5.92 Å². The molecule has 1 aliphatic rings. The van der Waals surface area contributed by atoms with Gasteiger partial charge in [0.1, 0.15) is 0 Å². The lowest BCUT2D eigenvalue weighted by molar-refractivity contribution is 0.0824. The summed E-state index contributed by atoms with van der Waals surface area (Å²) in [5.74, 6) is 0.870. The molecule has 0 radical (unpaired) electrons. The Labute approximate surface area is 101 Å². The molecule has 0 heterocycles. The lowest BCUT2D eigenvalue weighted by Gasteiger charge is -2.21. The Morgan fingerprint density at radius 2 is 1.75 bits per heavy atom. The molecule has 1 aliphatic carbocycles. The molecule has 0 atom stereocenters. The van der Waals surface area contributed by atoms with Gasteiger partial charge in [0, 0.05) is 13.2 Å². The summed E-state index contributed by atoms with van der Waals surface area (Å²) in [6.45, 7) is 5.73. The van der Waals surface area contributed by atoms with Crippen molar-refractivity contribution in [2.75, 3.05) is 13.2 Å². The van der Waals surface area contributed by atoms with E-state index in [2.05, 4.69) is 6.58 Å². The van der Waals surface area contributed by atoms with Gasteiger partial charge in [-0.1, -0.05) is 38.2 Å². The average molecular weight is 224 g/mol. The molecule has 1 fully saturated rings. The van der Waals surface area contributed by atoms with Gasteiger partial charge in [-0.25, -0.2) is 0 Å². The van der Waals surface area contributed by atoms with Crippen LogP contribution >= 0.6 is 0 Å². The summed E-state index contributed by atoms with van der Waals surface area (Å²) in [6, 6.07) is 0. The monoisotopic (exact) mass is 224 g/mol. The van der Waals surface area contributed by atoms with Crippen LogP contribution in [0.2, 0.25) is 0 Å². The van der Waals surface area contributed by atoms with E-state index in [0.29, 0.717) is 0 Å². The standard InChI is InChI=1S/C15H28O/c1-2-3-4-5-6-10-13-16-14-15-11-8-7-9-12-15/h2,15H,1,3-14H2. The van der Waals surface area contributed by atoms with E-state index in [1.807, 2.05) is 6.08 Å². The number of rotatable bonds is 9. The second kappa shape index (κ2) is 9.89. The topological polar surface area (TPSA) is 9.23 Å². The fourth-order valence-electron chi connectivity index (χ4n) is 2.45. The Hall–Kier alpha value is -0.300. The van der Waals surface area contributed by atoms with E-state index in [1.165, 1.54) is 64.2 Å². The van der Waals surface area contributed by atoms with Crippen LogP contribution in [0.1, 0.15) is 64.2 Å². The average Bonchev–Trinajstić information content (AvgIpc) is 2.34. The lowest BCUT2D eigenvalue weighted by atomic mass is 9.90. The van der Waals surface area contributed by atoms with E-state index in [1.54, 1.807) is 0 Å². The zero-order valence-electron chi connectivity index (χ0n) is 10.8. The molecule has 0 amide bonds. The van der Waals surface area contributed by atoms with Crippen LogP contribution in [0.4, 0.5) is 0 Å². The van der Waals surface area contributed by atoms with Gasteiger partial charge in [-0.15, -0.1) is 6.58 Å². The number of ether oxygens (including phenoxy) is 1. The number of allylic oxidation sites excluding steroid dienone is 1. The minimum absolute atomic E-state index is 0.870. The quantitative estimate of drug-likeness (QED) is 0.407. The van der Waals surface area contributed by atoms with Crippen molar-refractivity contribution in [1.29, 1.82) is 0 Å². The molecule has 0 saturated heterocycles.